The number of hydrogen-bond acceptors (Lipinski definition) is 2. The van der Waals surface area contributed by atoms with Crippen LogP contribution in [0, 0.1) is 0 Å². The highest BCUT2D eigenvalue weighted by Gasteiger charge is 2.12. The van der Waals surface area contributed by atoms with Gasteiger partial charge in [0.2, 0.25) is 0 Å². The van der Waals surface area contributed by atoms with E-state index in [1.807, 2.05) is 26.0 Å². The Hall–Kier alpha value is -1.51. The molecule has 0 radical (unpaired) electrons. The van der Waals surface area contributed by atoms with Gasteiger partial charge in [-0.05, 0) is 43.9 Å². The second kappa shape index (κ2) is 7.17. The number of likely N-dealkylation sites (N-methyl/N-ethyl adjacent to an activating group) is 1. The maximum Gasteiger partial charge on any atom is 0.260 e. The quantitative estimate of drug-likeness (QED) is 0.786. The van der Waals surface area contributed by atoms with Gasteiger partial charge in [-0.15, -0.1) is 0 Å². The largest absolute Gasteiger partial charge is 0.484 e. The van der Waals surface area contributed by atoms with E-state index in [-0.39, 0.29) is 18.6 Å². The molecule has 0 aliphatic heterocycles. The summed E-state index contributed by atoms with van der Waals surface area (Å²) in [5.74, 6) is 1.31. The molecule has 0 aliphatic carbocycles. The van der Waals surface area contributed by atoms with Gasteiger partial charge in [-0.1, -0.05) is 26.0 Å². The number of carbonyl (C=O) groups is 1. The molecule has 3 heteroatoms. The molecule has 0 aromatic heterocycles. The van der Waals surface area contributed by atoms with E-state index in [2.05, 4.69) is 26.0 Å². The van der Waals surface area contributed by atoms with E-state index < -0.39 is 0 Å². The first kappa shape index (κ1) is 15.5. The second-order valence-electron chi connectivity index (χ2n) is 5.27. The number of amides is 1. The number of nitrogens with zero attached hydrogens (tertiary/aromatic N) is 1. The summed E-state index contributed by atoms with van der Waals surface area (Å²) in [5, 5.41) is 0. The molecule has 0 saturated carbocycles. The van der Waals surface area contributed by atoms with E-state index in [1.165, 1.54) is 5.56 Å². The minimum Gasteiger partial charge on any atom is -0.484 e. The van der Waals surface area contributed by atoms with Gasteiger partial charge < -0.3 is 9.64 Å². The van der Waals surface area contributed by atoms with Crippen LogP contribution in [-0.2, 0) is 4.79 Å². The molecule has 0 saturated heterocycles. The number of ether oxygens (including phenoxy) is 1. The van der Waals surface area contributed by atoms with Crippen LogP contribution in [0.25, 0.3) is 0 Å². The third-order valence-electron chi connectivity index (χ3n) is 3.59. The lowest BCUT2D eigenvalue weighted by atomic mass is 9.99. The molecule has 19 heavy (non-hydrogen) atoms. The fraction of sp³-hybridized carbons (Fsp3) is 0.562. The maximum absolute atomic E-state index is 11.8. The van der Waals surface area contributed by atoms with Crippen molar-refractivity contribution >= 4 is 5.91 Å². The molecule has 1 aromatic carbocycles. The highest BCUT2D eigenvalue weighted by atomic mass is 16.5. The minimum absolute atomic E-state index is 0.000928. The van der Waals surface area contributed by atoms with Crippen LogP contribution in [0.15, 0.2) is 24.3 Å². The maximum atomic E-state index is 11.8. The van der Waals surface area contributed by atoms with E-state index in [9.17, 15) is 4.79 Å². The Balaban J connectivity index is 2.52. The summed E-state index contributed by atoms with van der Waals surface area (Å²) in [4.78, 5) is 13.5. The van der Waals surface area contributed by atoms with Crippen LogP contribution in [-0.4, -0.2) is 30.5 Å². The van der Waals surface area contributed by atoms with Gasteiger partial charge >= 0.3 is 0 Å². The first-order chi connectivity index (χ1) is 8.95. The molecule has 3 nitrogen and oxygen atoms in total. The summed E-state index contributed by atoms with van der Waals surface area (Å²) >= 11 is 0. The van der Waals surface area contributed by atoms with Crippen molar-refractivity contribution in [2.75, 3.05) is 13.7 Å². The summed E-state index contributed by atoms with van der Waals surface area (Å²) in [6.07, 6.45) is 1.12. The molecule has 1 aromatic rings. The molecule has 0 spiro atoms. The smallest absolute Gasteiger partial charge is 0.260 e. The summed E-state index contributed by atoms with van der Waals surface area (Å²) in [6, 6.07) is 8.21. The van der Waals surface area contributed by atoms with E-state index in [1.54, 1.807) is 11.9 Å². The van der Waals surface area contributed by atoms with Crippen LogP contribution in [0.4, 0.5) is 0 Å². The Morgan fingerprint density at radius 2 is 1.79 bits per heavy atom. The lowest BCUT2D eigenvalue weighted by molar-refractivity contribution is -0.133. The van der Waals surface area contributed by atoms with Crippen LogP contribution < -0.4 is 4.74 Å². The van der Waals surface area contributed by atoms with Gasteiger partial charge in [0, 0.05) is 13.1 Å². The summed E-state index contributed by atoms with van der Waals surface area (Å²) in [5.41, 5.74) is 1.31. The summed E-state index contributed by atoms with van der Waals surface area (Å²) < 4.78 is 5.52. The Bertz CT molecular complexity index is 398. The number of carbonyl (C=O) groups excluding carboxylic acids is 1. The number of hydrogen-bond donors (Lipinski definition) is 0. The first-order valence-electron chi connectivity index (χ1n) is 6.94. The normalized spacial score (nSPS) is 12.3. The van der Waals surface area contributed by atoms with Crippen molar-refractivity contribution in [3.8, 4) is 5.75 Å². The Morgan fingerprint density at radius 1 is 1.21 bits per heavy atom. The van der Waals surface area contributed by atoms with E-state index in [4.69, 9.17) is 4.74 Å². The molecule has 106 valence electrons. The SMILES string of the molecule is CCC(C)c1ccc(OCC(=O)N(C)C(C)C)cc1. The van der Waals surface area contributed by atoms with Crippen molar-refractivity contribution in [1.82, 2.24) is 4.90 Å². The lowest BCUT2D eigenvalue weighted by Crippen LogP contribution is -2.36. The lowest BCUT2D eigenvalue weighted by Gasteiger charge is -2.21. The Labute approximate surface area is 116 Å². The van der Waals surface area contributed by atoms with E-state index in [0.29, 0.717) is 5.92 Å². The minimum atomic E-state index is 0.000928. The number of benzene rings is 1. The molecule has 1 amide bonds. The molecular formula is C16H25NO2. The van der Waals surface area contributed by atoms with Crippen LogP contribution >= 0.6 is 0 Å². The number of rotatable bonds is 6. The Kier molecular flexibility index (Phi) is 5.87. The van der Waals surface area contributed by atoms with E-state index in [0.717, 1.165) is 12.2 Å². The molecule has 0 fully saturated rings. The first-order valence-corrected chi connectivity index (χ1v) is 6.94. The van der Waals surface area contributed by atoms with Gasteiger partial charge in [0.15, 0.2) is 6.61 Å². The van der Waals surface area contributed by atoms with Crippen molar-refractivity contribution in [2.45, 2.75) is 46.1 Å². The van der Waals surface area contributed by atoms with Gasteiger partial charge in [0.05, 0.1) is 0 Å². The predicted octanol–water partition coefficient (Wildman–Crippen LogP) is 3.45. The van der Waals surface area contributed by atoms with Gasteiger partial charge in [-0.3, -0.25) is 4.79 Å². The van der Waals surface area contributed by atoms with Crippen molar-refractivity contribution < 1.29 is 9.53 Å². The van der Waals surface area contributed by atoms with Crippen LogP contribution in [0.2, 0.25) is 0 Å². The van der Waals surface area contributed by atoms with Crippen molar-refractivity contribution in [2.24, 2.45) is 0 Å². The van der Waals surface area contributed by atoms with Crippen molar-refractivity contribution in [1.29, 1.82) is 0 Å². The molecule has 0 heterocycles. The van der Waals surface area contributed by atoms with E-state index >= 15 is 0 Å². The third-order valence-corrected chi connectivity index (χ3v) is 3.59. The molecule has 1 rings (SSSR count). The topological polar surface area (TPSA) is 29.5 Å². The zero-order chi connectivity index (χ0) is 14.4. The average molecular weight is 263 g/mol. The molecule has 1 atom stereocenters. The van der Waals surface area contributed by atoms with Gasteiger partial charge in [0.1, 0.15) is 5.75 Å². The van der Waals surface area contributed by atoms with Gasteiger partial charge in [0.25, 0.3) is 5.91 Å². The van der Waals surface area contributed by atoms with Crippen LogP contribution in [0.3, 0.4) is 0 Å². The fourth-order valence-corrected chi connectivity index (χ4v) is 1.66. The zero-order valence-electron chi connectivity index (χ0n) is 12.6. The van der Waals surface area contributed by atoms with Crippen molar-refractivity contribution in [3.63, 3.8) is 0 Å². The third kappa shape index (κ3) is 4.58. The monoisotopic (exact) mass is 263 g/mol. The highest BCUT2D eigenvalue weighted by molar-refractivity contribution is 5.77. The summed E-state index contributed by atoms with van der Waals surface area (Å²) in [7, 11) is 1.79. The van der Waals surface area contributed by atoms with Crippen LogP contribution in [0.1, 0.15) is 45.6 Å². The Morgan fingerprint density at radius 3 is 2.26 bits per heavy atom. The van der Waals surface area contributed by atoms with Crippen molar-refractivity contribution in [3.05, 3.63) is 29.8 Å². The molecule has 0 N–H and O–H groups in total. The average Bonchev–Trinajstić information content (AvgIpc) is 2.43. The highest BCUT2D eigenvalue weighted by Crippen LogP contribution is 2.21. The second-order valence-corrected chi connectivity index (χ2v) is 5.27. The van der Waals surface area contributed by atoms with Crippen LogP contribution in [0.5, 0.6) is 5.75 Å². The molecule has 1 unspecified atom stereocenters. The van der Waals surface area contributed by atoms with Gasteiger partial charge in [-0.2, -0.15) is 0 Å². The molecule has 0 aliphatic rings. The fourth-order valence-electron chi connectivity index (χ4n) is 1.66. The standard InChI is InChI=1S/C16H25NO2/c1-6-13(4)14-7-9-15(10-8-14)19-11-16(18)17(5)12(2)3/h7-10,12-13H,6,11H2,1-5H3. The zero-order valence-corrected chi connectivity index (χ0v) is 12.6. The molecule has 0 bridgehead atoms. The molecular weight excluding hydrogens is 238 g/mol. The predicted molar refractivity (Wildman–Crippen MR) is 78.5 cm³/mol. The van der Waals surface area contributed by atoms with Gasteiger partial charge in [-0.25, -0.2) is 0 Å². The summed E-state index contributed by atoms with van der Waals surface area (Å²) in [6.45, 7) is 8.45.